The quantitative estimate of drug-likeness (QED) is 0.598. The van der Waals surface area contributed by atoms with Gasteiger partial charge >= 0.3 is 5.97 Å². The average Bonchev–Trinajstić information content (AvgIpc) is 3.07. The lowest BCUT2D eigenvalue weighted by atomic mass is 9.60. The summed E-state index contributed by atoms with van der Waals surface area (Å²) in [5, 5.41) is 12.6. The summed E-state index contributed by atoms with van der Waals surface area (Å²) in [6.45, 7) is 4.90. The summed E-state index contributed by atoms with van der Waals surface area (Å²) in [4.78, 5) is 17.5. The summed E-state index contributed by atoms with van der Waals surface area (Å²) >= 11 is 0. The minimum absolute atomic E-state index is 0.208. The molecule has 1 aliphatic carbocycles. The number of hydrogen-bond donors (Lipinski definition) is 1. The minimum Gasteiger partial charge on any atom is -0.461 e. The Morgan fingerprint density at radius 3 is 2.67 bits per heavy atom. The molecule has 8 heteroatoms. The Bertz CT molecular complexity index is 1210. The van der Waals surface area contributed by atoms with Gasteiger partial charge in [0, 0.05) is 48.0 Å². The SMILES string of the molecule is C[C@H]1OC(=O)[C@]2(NCC3COC3)CC(F)(F)[C@@H](C)[C@H](/C=C/c3ccc(-c4ccccc4C#N)cn3)[C@H]12. The molecule has 5 atom stereocenters. The number of pyridine rings is 1. The van der Waals surface area contributed by atoms with Gasteiger partial charge in [-0.1, -0.05) is 37.3 Å². The summed E-state index contributed by atoms with van der Waals surface area (Å²) in [6, 6.07) is 13.1. The zero-order valence-corrected chi connectivity index (χ0v) is 20.3. The number of aromatic nitrogens is 1. The molecular weight excluding hydrogens is 464 g/mol. The molecule has 0 radical (unpaired) electrons. The van der Waals surface area contributed by atoms with Gasteiger partial charge in [-0.3, -0.25) is 9.78 Å². The molecule has 0 amide bonds. The van der Waals surface area contributed by atoms with E-state index < -0.39 is 47.7 Å². The van der Waals surface area contributed by atoms with Crippen LogP contribution in [0, 0.1) is 35.0 Å². The third-order valence-electron chi connectivity index (χ3n) is 7.95. The lowest BCUT2D eigenvalue weighted by molar-refractivity contribution is -0.161. The van der Waals surface area contributed by atoms with Crippen molar-refractivity contribution in [1.82, 2.24) is 10.3 Å². The zero-order valence-electron chi connectivity index (χ0n) is 20.3. The second-order valence-corrected chi connectivity index (χ2v) is 10.2. The molecule has 2 aliphatic heterocycles. The Balaban J connectivity index is 1.42. The third kappa shape index (κ3) is 4.21. The molecule has 3 fully saturated rings. The van der Waals surface area contributed by atoms with Gasteiger partial charge in [-0.05, 0) is 31.1 Å². The molecule has 1 aromatic carbocycles. The summed E-state index contributed by atoms with van der Waals surface area (Å²) in [5.74, 6) is -5.43. The number of nitriles is 1. The number of halogens is 2. The monoisotopic (exact) mass is 493 g/mol. The predicted molar refractivity (Wildman–Crippen MR) is 130 cm³/mol. The van der Waals surface area contributed by atoms with Crippen molar-refractivity contribution in [2.45, 2.75) is 37.8 Å². The zero-order chi connectivity index (χ0) is 25.5. The van der Waals surface area contributed by atoms with Crippen LogP contribution in [-0.2, 0) is 14.3 Å². The average molecular weight is 494 g/mol. The number of cyclic esters (lactones) is 1. The summed E-state index contributed by atoms with van der Waals surface area (Å²) in [5.41, 5.74) is 1.31. The number of fused-ring (bicyclic) bond motifs is 1. The van der Waals surface area contributed by atoms with E-state index in [0.717, 1.165) is 11.1 Å². The van der Waals surface area contributed by atoms with Gasteiger partial charge in [0.1, 0.15) is 11.6 Å². The van der Waals surface area contributed by atoms with E-state index in [1.165, 1.54) is 0 Å². The van der Waals surface area contributed by atoms with Crippen molar-refractivity contribution in [2.24, 2.45) is 23.7 Å². The van der Waals surface area contributed by atoms with Gasteiger partial charge in [-0.25, -0.2) is 8.78 Å². The molecular formula is C28H29F2N3O3. The molecule has 2 saturated heterocycles. The molecule has 188 valence electrons. The fourth-order valence-corrected chi connectivity index (χ4v) is 5.81. The van der Waals surface area contributed by atoms with E-state index in [0.29, 0.717) is 31.0 Å². The summed E-state index contributed by atoms with van der Waals surface area (Å²) < 4.78 is 41.5. The van der Waals surface area contributed by atoms with E-state index in [4.69, 9.17) is 9.47 Å². The molecule has 3 heterocycles. The molecule has 0 spiro atoms. The first kappa shape index (κ1) is 24.5. The van der Waals surface area contributed by atoms with E-state index in [1.54, 1.807) is 50.4 Å². The fourth-order valence-electron chi connectivity index (χ4n) is 5.81. The van der Waals surface area contributed by atoms with Crippen LogP contribution in [0.1, 0.15) is 31.5 Å². The Labute approximate surface area is 209 Å². The summed E-state index contributed by atoms with van der Waals surface area (Å²) in [7, 11) is 0. The molecule has 36 heavy (non-hydrogen) atoms. The number of carbonyl (C=O) groups is 1. The van der Waals surface area contributed by atoms with Gasteiger partial charge < -0.3 is 14.8 Å². The van der Waals surface area contributed by atoms with Crippen molar-refractivity contribution in [3.05, 3.63) is 59.9 Å². The lowest BCUT2D eigenvalue weighted by Crippen LogP contribution is -2.65. The molecule has 1 aromatic heterocycles. The summed E-state index contributed by atoms with van der Waals surface area (Å²) in [6.07, 6.45) is 4.11. The van der Waals surface area contributed by atoms with Gasteiger partial charge in [0.05, 0.1) is 30.5 Å². The Morgan fingerprint density at radius 1 is 1.22 bits per heavy atom. The van der Waals surface area contributed by atoms with Crippen molar-refractivity contribution in [2.75, 3.05) is 19.8 Å². The maximum Gasteiger partial charge on any atom is 0.327 e. The van der Waals surface area contributed by atoms with Gasteiger partial charge in [-0.15, -0.1) is 0 Å². The number of alkyl halides is 2. The Kier molecular flexibility index (Phi) is 6.39. The van der Waals surface area contributed by atoms with Crippen LogP contribution in [-0.4, -0.2) is 48.3 Å². The van der Waals surface area contributed by atoms with Crippen molar-refractivity contribution in [3.63, 3.8) is 0 Å². The van der Waals surface area contributed by atoms with Crippen LogP contribution in [0.25, 0.3) is 17.2 Å². The molecule has 1 saturated carbocycles. The van der Waals surface area contributed by atoms with Crippen molar-refractivity contribution in [1.29, 1.82) is 5.26 Å². The van der Waals surface area contributed by atoms with E-state index in [1.807, 2.05) is 18.2 Å². The van der Waals surface area contributed by atoms with Crippen LogP contribution in [0.4, 0.5) is 8.78 Å². The van der Waals surface area contributed by atoms with Crippen LogP contribution in [0.15, 0.2) is 48.7 Å². The van der Waals surface area contributed by atoms with Crippen LogP contribution in [0.2, 0.25) is 0 Å². The number of carbonyl (C=O) groups excluding carboxylic acids is 1. The van der Waals surface area contributed by atoms with Crippen molar-refractivity contribution >= 4 is 12.0 Å². The number of rotatable bonds is 6. The number of ether oxygens (including phenoxy) is 2. The highest BCUT2D eigenvalue weighted by Gasteiger charge is 2.68. The highest BCUT2D eigenvalue weighted by molar-refractivity contribution is 5.84. The first-order valence-corrected chi connectivity index (χ1v) is 12.3. The minimum atomic E-state index is -3.05. The topological polar surface area (TPSA) is 84.2 Å². The Hall–Kier alpha value is -3.15. The molecule has 5 rings (SSSR count). The van der Waals surface area contributed by atoms with Gasteiger partial charge in [-0.2, -0.15) is 5.26 Å². The highest BCUT2D eigenvalue weighted by Crippen LogP contribution is 2.55. The first-order chi connectivity index (χ1) is 17.2. The second-order valence-electron chi connectivity index (χ2n) is 10.2. The molecule has 2 aromatic rings. The van der Waals surface area contributed by atoms with Gasteiger partial charge in [0.25, 0.3) is 5.92 Å². The Morgan fingerprint density at radius 2 is 2.00 bits per heavy atom. The molecule has 3 aliphatic rings. The molecule has 0 unspecified atom stereocenters. The predicted octanol–water partition coefficient (Wildman–Crippen LogP) is 4.46. The smallest absolute Gasteiger partial charge is 0.327 e. The van der Waals surface area contributed by atoms with E-state index in [-0.39, 0.29) is 5.92 Å². The third-order valence-corrected chi connectivity index (χ3v) is 7.95. The second kappa shape index (κ2) is 9.38. The van der Waals surface area contributed by atoms with Gasteiger partial charge in [0.2, 0.25) is 0 Å². The number of nitrogens with one attached hydrogen (secondary N) is 1. The maximum absolute atomic E-state index is 15.3. The van der Waals surface area contributed by atoms with Crippen LogP contribution in [0.5, 0.6) is 0 Å². The standard InChI is InChI=1S/C28H29F2N3O3/c1-17-23(10-9-22-8-7-21(13-32-22)24-6-4-3-5-20(24)11-31)25-18(2)36-26(34)27(25,16-28(17,29)30)33-12-19-14-35-15-19/h3-10,13,17-19,23,25,33H,12,14-16H2,1-2H3/b10-9+/t17-,18+,23-,25-,27-/m0/s1. The van der Waals surface area contributed by atoms with Crippen LogP contribution < -0.4 is 5.32 Å². The van der Waals surface area contributed by atoms with Crippen LogP contribution in [0.3, 0.4) is 0 Å². The van der Waals surface area contributed by atoms with Crippen molar-refractivity contribution in [3.8, 4) is 17.2 Å². The highest BCUT2D eigenvalue weighted by atomic mass is 19.3. The maximum atomic E-state index is 15.3. The number of hydrogen-bond acceptors (Lipinski definition) is 6. The molecule has 1 N–H and O–H groups in total. The van der Waals surface area contributed by atoms with Gasteiger partial charge in [0.15, 0.2) is 0 Å². The number of benzene rings is 1. The molecule has 6 nitrogen and oxygen atoms in total. The number of allylic oxidation sites excluding steroid dienone is 1. The lowest BCUT2D eigenvalue weighted by Gasteiger charge is -2.48. The largest absolute Gasteiger partial charge is 0.461 e. The first-order valence-electron chi connectivity index (χ1n) is 12.3. The molecule has 0 bridgehead atoms. The number of nitrogens with zero attached hydrogens (tertiary/aromatic N) is 2. The van der Waals surface area contributed by atoms with E-state index in [2.05, 4.69) is 16.4 Å². The van der Waals surface area contributed by atoms with E-state index >= 15 is 8.78 Å². The fraction of sp³-hybridized carbons (Fsp3) is 0.464. The van der Waals surface area contributed by atoms with Crippen LogP contribution >= 0.6 is 0 Å². The number of esters is 1. The van der Waals surface area contributed by atoms with E-state index in [9.17, 15) is 10.1 Å². The van der Waals surface area contributed by atoms with Crippen molar-refractivity contribution < 1.29 is 23.0 Å². The normalized spacial score (nSPS) is 31.5.